The number of rotatable bonds is 3. The van der Waals surface area contributed by atoms with Crippen molar-refractivity contribution in [3.05, 3.63) is 50.9 Å². The van der Waals surface area contributed by atoms with Crippen molar-refractivity contribution in [2.24, 2.45) is 5.92 Å². The lowest BCUT2D eigenvalue weighted by Gasteiger charge is -2.07. The Balaban J connectivity index is 1.55. The molecule has 1 heterocycles. The second-order valence-electron chi connectivity index (χ2n) is 5.18. The molecule has 0 saturated heterocycles. The molecule has 0 radical (unpaired) electrons. The van der Waals surface area contributed by atoms with Crippen molar-refractivity contribution >= 4 is 34.8 Å². The molecule has 2 aromatic rings. The molecule has 7 heteroatoms. The first-order valence-corrected chi connectivity index (χ1v) is 8.08. The van der Waals surface area contributed by atoms with Crippen LogP contribution in [0.2, 0.25) is 5.02 Å². The minimum atomic E-state index is -0.344. The van der Waals surface area contributed by atoms with Crippen LogP contribution in [0.4, 0.5) is 0 Å². The minimum Gasteiger partial charge on any atom is -0.273 e. The van der Waals surface area contributed by atoms with Gasteiger partial charge in [-0.3, -0.25) is 20.4 Å². The smallest absolute Gasteiger partial charge is 0.273 e. The van der Waals surface area contributed by atoms with Crippen LogP contribution in [-0.2, 0) is 4.79 Å². The average molecular weight is 336 g/mol. The normalized spacial score (nSPS) is 19.5. The summed E-state index contributed by atoms with van der Waals surface area (Å²) in [5.74, 6) is -0.567. The van der Waals surface area contributed by atoms with Crippen LogP contribution in [0, 0.1) is 12.8 Å². The number of nitrogens with zero attached hydrogens (tertiary/aromatic N) is 1. The zero-order chi connectivity index (χ0) is 15.7. The Morgan fingerprint density at radius 1 is 1.32 bits per heavy atom. The van der Waals surface area contributed by atoms with E-state index in [2.05, 4.69) is 15.8 Å². The molecule has 114 valence electrons. The number of carbonyl (C=O) groups is 2. The van der Waals surface area contributed by atoms with Crippen LogP contribution in [-0.4, -0.2) is 16.8 Å². The molecule has 1 fully saturated rings. The Hall–Kier alpha value is -1.92. The summed E-state index contributed by atoms with van der Waals surface area (Å²) in [6.07, 6.45) is 0.741. The number of hydrogen-bond donors (Lipinski definition) is 2. The lowest BCUT2D eigenvalue weighted by atomic mass is 10.1. The number of carbonyl (C=O) groups excluding carboxylic acids is 2. The van der Waals surface area contributed by atoms with Gasteiger partial charge in [-0.05, 0) is 30.9 Å². The summed E-state index contributed by atoms with van der Waals surface area (Å²) in [4.78, 5) is 28.5. The van der Waals surface area contributed by atoms with Gasteiger partial charge in [-0.25, -0.2) is 4.98 Å². The molecule has 3 rings (SSSR count). The van der Waals surface area contributed by atoms with Gasteiger partial charge in [-0.15, -0.1) is 11.3 Å². The van der Waals surface area contributed by atoms with E-state index in [4.69, 9.17) is 11.6 Å². The number of aryl methyl sites for hydroxylation is 1. The summed E-state index contributed by atoms with van der Waals surface area (Å²) in [7, 11) is 0. The molecule has 0 spiro atoms. The van der Waals surface area contributed by atoms with E-state index in [9.17, 15) is 9.59 Å². The largest absolute Gasteiger partial charge is 0.281 e. The Bertz CT molecular complexity index is 731. The molecule has 1 aliphatic rings. The average Bonchev–Trinajstić information content (AvgIpc) is 3.19. The standard InChI is InChI=1S/C15H14ClN3O2S/c1-8-13(22-7-17-8)15(21)19-18-14(20)11-6-10(11)9-4-2-3-5-12(9)16/h2-5,7,10-11H,6H2,1H3,(H,18,20)(H,19,21)/t10-,11+/m1/s1. The quantitative estimate of drug-likeness (QED) is 0.847. The number of thiazole rings is 1. The van der Waals surface area contributed by atoms with Gasteiger partial charge >= 0.3 is 0 Å². The third-order valence-electron chi connectivity index (χ3n) is 3.68. The Morgan fingerprint density at radius 3 is 2.77 bits per heavy atom. The van der Waals surface area contributed by atoms with Gasteiger partial charge in [0.2, 0.25) is 5.91 Å². The SMILES string of the molecule is Cc1ncsc1C(=O)NNC(=O)[C@H]1C[C@@H]1c1ccccc1Cl. The third kappa shape index (κ3) is 2.98. The van der Waals surface area contributed by atoms with Crippen LogP contribution in [0.25, 0.3) is 0 Å². The van der Waals surface area contributed by atoms with Gasteiger partial charge in [0.15, 0.2) is 0 Å². The van der Waals surface area contributed by atoms with Crippen molar-refractivity contribution in [2.45, 2.75) is 19.3 Å². The highest BCUT2D eigenvalue weighted by molar-refractivity contribution is 7.11. The number of benzene rings is 1. The highest BCUT2D eigenvalue weighted by Gasteiger charge is 2.44. The highest BCUT2D eigenvalue weighted by atomic mass is 35.5. The predicted molar refractivity (Wildman–Crippen MR) is 84.8 cm³/mol. The monoisotopic (exact) mass is 335 g/mol. The molecule has 0 bridgehead atoms. The van der Waals surface area contributed by atoms with E-state index >= 15 is 0 Å². The summed E-state index contributed by atoms with van der Waals surface area (Å²) in [5, 5.41) is 0.673. The van der Waals surface area contributed by atoms with Crippen molar-refractivity contribution < 1.29 is 9.59 Å². The summed E-state index contributed by atoms with van der Waals surface area (Å²) in [6.45, 7) is 1.75. The summed E-state index contributed by atoms with van der Waals surface area (Å²) >= 11 is 7.38. The molecule has 1 aliphatic carbocycles. The first-order chi connectivity index (χ1) is 10.6. The zero-order valence-corrected chi connectivity index (χ0v) is 13.4. The van der Waals surface area contributed by atoms with Crippen LogP contribution in [0.5, 0.6) is 0 Å². The highest BCUT2D eigenvalue weighted by Crippen LogP contribution is 2.49. The third-order valence-corrected chi connectivity index (χ3v) is 4.95. The van der Waals surface area contributed by atoms with E-state index in [0.717, 1.165) is 12.0 Å². The molecule has 22 heavy (non-hydrogen) atoms. The van der Waals surface area contributed by atoms with Crippen LogP contribution in [0.1, 0.15) is 33.3 Å². The summed E-state index contributed by atoms with van der Waals surface area (Å²) in [5.41, 5.74) is 8.14. The van der Waals surface area contributed by atoms with Gasteiger partial charge in [-0.2, -0.15) is 0 Å². The number of hydrogen-bond acceptors (Lipinski definition) is 4. The molecule has 0 unspecified atom stereocenters. The van der Waals surface area contributed by atoms with Crippen LogP contribution < -0.4 is 10.9 Å². The molecule has 1 aromatic carbocycles. The molecule has 2 N–H and O–H groups in total. The van der Waals surface area contributed by atoms with Crippen molar-refractivity contribution in [2.75, 3.05) is 0 Å². The lowest BCUT2D eigenvalue weighted by molar-refractivity contribution is -0.123. The van der Waals surface area contributed by atoms with E-state index < -0.39 is 0 Å². The Morgan fingerprint density at radius 2 is 2.09 bits per heavy atom. The number of hydrazine groups is 1. The fourth-order valence-corrected chi connectivity index (χ4v) is 3.37. The summed E-state index contributed by atoms with van der Waals surface area (Å²) < 4.78 is 0. The fraction of sp³-hybridized carbons (Fsp3) is 0.267. The lowest BCUT2D eigenvalue weighted by Crippen LogP contribution is -2.42. The first kappa shape index (κ1) is 15.0. The maximum atomic E-state index is 12.1. The molecule has 1 aromatic heterocycles. The van der Waals surface area contributed by atoms with E-state index in [0.29, 0.717) is 15.6 Å². The maximum Gasteiger partial charge on any atom is 0.281 e. The minimum absolute atomic E-state index is 0.121. The topological polar surface area (TPSA) is 71.1 Å². The summed E-state index contributed by atoms with van der Waals surface area (Å²) in [6, 6.07) is 7.52. The van der Waals surface area contributed by atoms with Crippen LogP contribution in [0.15, 0.2) is 29.8 Å². The molecule has 0 aliphatic heterocycles. The second-order valence-corrected chi connectivity index (χ2v) is 6.44. The van der Waals surface area contributed by atoms with E-state index in [-0.39, 0.29) is 23.7 Å². The molecule has 1 saturated carbocycles. The van der Waals surface area contributed by atoms with Crippen molar-refractivity contribution in [3.63, 3.8) is 0 Å². The van der Waals surface area contributed by atoms with Crippen LogP contribution >= 0.6 is 22.9 Å². The second kappa shape index (κ2) is 6.06. The molecule has 2 atom stereocenters. The van der Waals surface area contributed by atoms with Gasteiger partial charge in [0.1, 0.15) is 4.88 Å². The molecular formula is C15H14ClN3O2S. The van der Waals surface area contributed by atoms with Gasteiger partial charge < -0.3 is 0 Å². The van der Waals surface area contributed by atoms with E-state index in [1.807, 2.05) is 24.3 Å². The van der Waals surface area contributed by atoms with Crippen molar-refractivity contribution in [3.8, 4) is 0 Å². The van der Waals surface area contributed by atoms with Gasteiger partial charge in [0.05, 0.1) is 11.2 Å². The van der Waals surface area contributed by atoms with Crippen molar-refractivity contribution in [1.82, 2.24) is 15.8 Å². The Labute approximate surface area is 136 Å². The molecular weight excluding hydrogens is 322 g/mol. The zero-order valence-electron chi connectivity index (χ0n) is 11.8. The Kier molecular flexibility index (Phi) is 4.13. The maximum absolute atomic E-state index is 12.1. The van der Waals surface area contributed by atoms with Crippen molar-refractivity contribution in [1.29, 1.82) is 0 Å². The molecule has 2 amide bonds. The molecule has 5 nitrogen and oxygen atoms in total. The van der Waals surface area contributed by atoms with Gasteiger partial charge in [-0.1, -0.05) is 29.8 Å². The number of aromatic nitrogens is 1. The van der Waals surface area contributed by atoms with Gasteiger partial charge in [0.25, 0.3) is 5.91 Å². The van der Waals surface area contributed by atoms with Gasteiger partial charge in [0, 0.05) is 10.9 Å². The van der Waals surface area contributed by atoms with E-state index in [1.54, 1.807) is 12.4 Å². The number of nitrogens with one attached hydrogen (secondary N) is 2. The first-order valence-electron chi connectivity index (χ1n) is 6.82. The number of amides is 2. The number of halogens is 1. The van der Waals surface area contributed by atoms with E-state index in [1.165, 1.54) is 11.3 Å². The predicted octanol–water partition coefficient (Wildman–Crippen LogP) is 2.67. The fourth-order valence-electron chi connectivity index (χ4n) is 2.39. The van der Waals surface area contributed by atoms with Crippen LogP contribution in [0.3, 0.4) is 0 Å².